The first-order valence-corrected chi connectivity index (χ1v) is 7.17. The van der Waals surface area contributed by atoms with Crippen LogP contribution in [0.1, 0.15) is 0 Å². The van der Waals surface area contributed by atoms with E-state index in [9.17, 15) is 5.11 Å². The van der Waals surface area contributed by atoms with E-state index in [2.05, 4.69) is 10.2 Å². The van der Waals surface area contributed by atoms with Gasteiger partial charge in [-0.15, -0.1) is 10.2 Å². The smallest absolute Gasteiger partial charge is 0.194 e. The summed E-state index contributed by atoms with van der Waals surface area (Å²) in [6.45, 7) is 0. The maximum atomic E-state index is 10.0. The van der Waals surface area contributed by atoms with Crippen LogP contribution in [0.4, 0.5) is 0 Å². The Labute approximate surface area is 119 Å². The fraction of sp³-hybridized carbons (Fsp3) is 0.0769. The highest BCUT2D eigenvalue weighted by Gasteiger charge is 2.13. The van der Waals surface area contributed by atoms with E-state index in [1.807, 2.05) is 29.0 Å². The number of aromatic hydroxyl groups is 1. The average molecular weight is 292 g/mol. The predicted octanol–water partition coefficient (Wildman–Crippen LogP) is 3.48. The molecule has 0 saturated heterocycles. The first kappa shape index (κ1) is 12.3. The molecule has 0 fully saturated rings. The molecule has 0 radical (unpaired) electrons. The minimum Gasteiger partial charge on any atom is -0.507 e. The lowest BCUT2D eigenvalue weighted by atomic mass is 10.1. The summed E-state index contributed by atoms with van der Waals surface area (Å²) in [5.41, 5.74) is 2.15. The lowest BCUT2D eigenvalue weighted by Crippen LogP contribution is -1.98. The Hall–Kier alpha value is -1.72. The van der Waals surface area contributed by atoms with Crippen molar-refractivity contribution in [2.24, 2.45) is 0 Å². The van der Waals surface area contributed by atoms with Crippen molar-refractivity contribution in [2.75, 3.05) is 6.26 Å². The summed E-state index contributed by atoms with van der Waals surface area (Å²) in [4.78, 5) is 0. The zero-order valence-electron chi connectivity index (χ0n) is 10.0. The number of fused-ring (bicyclic) bond motifs is 1. The van der Waals surface area contributed by atoms with Crippen LogP contribution in [0.25, 0.3) is 16.8 Å². The second-order valence-electron chi connectivity index (χ2n) is 3.96. The van der Waals surface area contributed by atoms with E-state index in [1.165, 1.54) is 17.8 Å². The van der Waals surface area contributed by atoms with Gasteiger partial charge in [0.1, 0.15) is 11.4 Å². The number of aromatic nitrogens is 3. The number of hydrogen-bond donors (Lipinski definition) is 1. The van der Waals surface area contributed by atoms with Gasteiger partial charge >= 0.3 is 0 Å². The third kappa shape index (κ3) is 2.05. The van der Waals surface area contributed by atoms with Gasteiger partial charge in [0.2, 0.25) is 0 Å². The molecule has 4 nitrogen and oxygen atoms in total. The maximum absolute atomic E-state index is 10.0. The Kier molecular flexibility index (Phi) is 3.08. The van der Waals surface area contributed by atoms with Crippen LogP contribution in [0.2, 0.25) is 5.02 Å². The number of thioether (sulfide) groups is 1. The van der Waals surface area contributed by atoms with E-state index >= 15 is 0 Å². The molecule has 19 heavy (non-hydrogen) atoms. The van der Waals surface area contributed by atoms with Gasteiger partial charge in [0, 0.05) is 16.8 Å². The fourth-order valence-electron chi connectivity index (χ4n) is 1.97. The normalized spacial score (nSPS) is 11.1. The number of rotatable bonds is 2. The fourth-order valence-corrected chi connectivity index (χ4v) is 2.61. The average Bonchev–Trinajstić information content (AvgIpc) is 2.87. The van der Waals surface area contributed by atoms with Crippen molar-refractivity contribution in [1.29, 1.82) is 0 Å². The highest BCUT2D eigenvalue weighted by Crippen LogP contribution is 2.33. The Morgan fingerprint density at radius 2 is 2.11 bits per heavy atom. The van der Waals surface area contributed by atoms with Crippen LogP contribution in [0.5, 0.6) is 5.75 Å². The van der Waals surface area contributed by atoms with Gasteiger partial charge < -0.3 is 5.11 Å². The van der Waals surface area contributed by atoms with E-state index in [0.29, 0.717) is 16.3 Å². The highest BCUT2D eigenvalue weighted by molar-refractivity contribution is 7.98. The number of nitrogens with zero attached hydrogens (tertiary/aromatic N) is 3. The Morgan fingerprint density at radius 1 is 1.26 bits per heavy atom. The number of benzene rings is 1. The molecule has 0 aliphatic rings. The molecule has 0 atom stereocenters. The summed E-state index contributed by atoms with van der Waals surface area (Å²) in [5.74, 6) is 0.0989. The lowest BCUT2D eigenvalue weighted by molar-refractivity contribution is 0.477. The Morgan fingerprint density at radius 3 is 2.84 bits per heavy atom. The first-order chi connectivity index (χ1) is 9.20. The molecule has 3 aromatic rings. The van der Waals surface area contributed by atoms with Crippen LogP contribution in [-0.2, 0) is 0 Å². The number of phenolic OH excluding ortho intramolecular Hbond substituents is 1. The SMILES string of the molecule is CSc1nnc(-c2ccc(Cl)cc2O)c2cccn12. The summed E-state index contributed by atoms with van der Waals surface area (Å²) < 4.78 is 1.95. The predicted molar refractivity (Wildman–Crippen MR) is 76.9 cm³/mol. The van der Waals surface area contributed by atoms with Crippen molar-refractivity contribution < 1.29 is 5.11 Å². The third-order valence-corrected chi connectivity index (χ3v) is 3.71. The molecule has 6 heteroatoms. The van der Waals surface area contributed by atoms with Crippen LogP contribution < -0.4 is 0 Å². The van der Waals surface area contributed by atoms with Crippen LogP contribution in [0, 0.1) is 0 Å². The Bertz CT molecular complexity index is 757. The van der Waals surface area contributed by atoms with Crippen molar-refractivity contribution in [1.82, 2.24) is 14.6 Å². The van der Waals surface area contributed by atoms with Gasteiger partial charge in [0.05, 0.1) is 5.52 Å². The van der Waals surface area contributed by atoms with E-state index in [-0.39, 0.29) is 5.75 Å². The molecule has 0 aliphatic heterocycles. The number of halogens is 1. The molecule has 2 heterocycles. The van der Waals surface area contributed by atoms with Gasteiger partial charge in [0.15, 0.2) is 5.16 Å². The van der Waals surface area contributed by atoms with Crippen molar-refractivity contribution in [3.05, 3.63) is 41.6 Å². The first-order valence-electron chi connectivity index (χ1n) is 5.57. The van der Waals surface area contributed by atoms with Gasteiger partial charge in [-0.3, -0.25) is 4.40 Å². The van der Waals surface area contributed by atoms with Gasteiger partial charge in [0.25, 0.3) is 0 Å². The zero-order valence-corrected chi connectivity index (χ0v) is 11.6. The molecule has 2 aromatic heterocycles. The van der Waals surface area contributed by atoms with Gasteiger partial charge in [-0.2, -0.15) is 0 Å². The molecule has 1 aromatic carbocycles. The maximum Gasteiger partial charge on any atom is 0.194 e. The largest absolute Gasteiger partial charge is 0.507 e. The number of hydrogen-bond acceptors (Lipinski definition) is 4. The van der Waals surface area contributed by atoms with Crippen LogP contribution >= 0.6 is 23.4 Å². The summed E-state index contributed by atoms with van der Waals surface area (Å²) in [7, 11) is 0. The van der Waals surface area contributed by atoms with Gasteiger partial charge in [-0.05, 0) is 36.6 Å². The quantitative estimate of drug-likeness (QED) is 0.735. The minimum atomic E-state index is 0.0989. The molecule has 1 N–H and O–H groups in total. The second-order valence-corrected chi connectivity index (χ2v) is 5.17. The number of phenols is 1. The van der Waals surface area contributed by atoms with Crippen molar-refractivity contribution in [3.8, 4) is 17.0 Å². The van der Waals surface area contributed by atoms with Crippen LogP contribution in [-0.4, -0.2) is 26.0 Å². The van der Waals surface area contributed by atoms with E-state index in [0.717, 1.165) is 10.7 Å². The molecular weight excluding hydrogens is 282 g/mol. The highest BCUT2D eigenvalue weighted by atomic mass is 35.5. The summed E-state index contributed by atoms with van der Waals surface area (Å²) in [5, 5.41) is 19.7. The van der Waals surface area contributed by atoms with Crippen LogP contribution in [0.15, 0.2) is 41.7 Å². The summed E-state index contributed by atoms with van der Waals surface area (Å²) in [6.07, 6.45) is 3.87. The van der Waals surface area contributed by atoms with E-state index < -0.39 is 0 Å². The third-order valence-electron chi connectivity index (χ3n) is 2.83. The van der Waals surface area contributed by atoms with Crippen molar-refractivity contribution in [3.63, 3.8) is 0 Å². The molecule has 0 unspecified atom stereocenters. The van der Waals surface area contributed by atoms with Crippen LogP contribution in [0.3, 0.4) is 0 Å². The molecular formula is C13H10ClN3OS. The van der Waals surface area contributed by atoms with E-state index in [4.69, 9.17) is 11.6 Å². The molecule has 0 bridgehead atoms. The topological polar surface area (TPSA) is 50.4 Å². The lowest BCUT2D eigenvalue weighted by Gasteiger charge is -2.08. The summed E-state index contributed by atoms with van der Waals surface area (Å²) >= 11 is 7.36. The molecule has 96 valence electrons. The molecule has 0 aliphatic carbocycles. The van der Waals surface area contributed by atoms with Crippen molar-refractivity contribution in [2.45, 2.75) is 5.16 Å². The van der Waals surface area contributed by atoms with Gasteiger partial charge in [-0.1, -0.05) is 23.4 Å². The zero-order chi connectivity index (χ0) is 13.4. The molecule has 0 amide bonds. The molecule has 0 spiro atoms. The standard InChI is InChI=1S/C13H10ClN3OS/c1-19-13-16-15-12(10-3-2-6-17(10)13)9-5-4-8(14)7-11(9)18/h2-7,18H,1H3. The van der Waals surface area contributed by atoms with Gasteiger partial charge in [-0.25, -0.2) is 0 Å². The second kappa shape index (κ2) is 4.75. The Balaban J connectivity index is 2.28. The van der Waals surface area contributed by atoms with E-state index in [1.54, 1.807) is 12.1 Å². The molecule has 3 rings (SSSR count). The summed E-state index contributed by atoms with van der Waals surface area (Å²) in [6, 6.07) is 8.83. The monoisotopic (exact) mass is 291 g/mol. The molecule has 0 saturated carbocycles. The minimum absolute atomic E-state index is 0.0989. The van der Waals surface area contributed by atoms with Crippen molar-refractivity contribution >= 4 is 28.9 Å².